The van der Waals surface area contributed by atoms with Gasteiger partial charge in [-0.3, -0.25) is 4.79 Å². The molecule has 1 amide bonds. The minimum atomic E-state index is -2.95. The number of hydrogen-bond acceptors (Lipinski definition) is 3. The van der Waals surface area contributed by atoms with Crippen LogP contribution in [0.5, 0.6) is 5.75 Å². The average molecular weight is 308 g/mol. The molecule has 0 fully saturated rings. The van der Waals surface area contributed by atoms with Gasteiger partial charge in [0.1, 0.15) is 12.4 Å². The largest absolute Gasteiger partial charge is 0.433 e. The number of carbonyl (C=O) groups is 1. The van der Waals surface area contributed by atoms with E-state index in [2.05, 4.69) is 10.1 Å². The number of benzene rings is 1. The molecule has 0 aliphatic rings. The smallest absolute Gasteiger partial charge is 0.387 e. The van der Waals surface area contributed by atoms with Gasteiger partial charge in [-0.05, 0) is 39.0 Å². The number of ether oxygens (including phenoxy) is 2. The maximum absolute atomic E-state index is 12.1. The Morgan fingerprint density at radius 2 is 2.05 bits per heavy atom. The fourth-order valence-electron chi connectivity index (χ4n) is 1.25. The van der Waals surface area contributed by atoms with Gasteiger partial charge in [0.05, 0.1) is 10.6 Å². The molecule has 0 aromatic heterocycles. The number of nitrogens with one attached hydrogen (secondary N) is 1. The highest BCUT2D eigenvalue weighted by Crippen LogP contribution is 2.28. The topological polar surface area (TPSA) is 47.6 Å². The second-order valence-corrected chi connectivity index (χ2v) is 5.38. The Kier molecular flexibility index (Phi) is 5.71. The molecule has 0 heterocycles. The molecule has 20 heavy (non-hydrogen) atoms. The predicted octanol–water partition coefficient (Wildman–Crippen LogP) is 3.70. The average Bonchev–Trinajstić information content (AvgIpc) is 2.29. The highest BCUT2D eigenvalue weighted by molar-refractivity contribution is 6.32. The lowest BCUT2D eigenvalue weighted by molar-refractivity contribution is -0.125. The van der Waals surface area contributed by atoms with Crippen molar-refractivity contribution >= 4 is 23.2 Å². The van der Waals surface area contributed by atoms with E-state index >= 15 is 0 Å². The third-order valence-electron chi connectivity index (χ3n) is 2.07. The summed E-state index contributed by atoms with van der Waals surface area (Å²) in [5, 5.41) is 2.53. The van der Waals surface area contributed by atoms with Crippen molar-refractivity contribution in [2.45, 2.75) is 33.0 Å². The highest BCUT2D eigenvalue weighted by Gasteiger charge is 2.14. The van der Waals surface area contributed by atoms with Crippen LogP contribution < -0.4 is 10.1 Å². The fraction of sp³-hybridized carbons (Fsp3) is 0.462. The molecule has 0 atom stereocenters. The van der Waals surface area contributed by atoms with Gasteiger partial charge in [0.25, 0.3) is 0 Å². The molecule has 0 radical (unpaired) electrons. The number of carbonyl (C=O) groups excluding carboxylic acids is 1. The van der Waals surface area contributed by atoms with Crippen LogP contribution in [0.15, 0.2) is 18.2 Å². The monoisotopic (exact) mass is 307 g/mol. The first-order valence-corrected chi connectivity index (χ1v) is 6.23. The Bertz CT molecular complexity index is 475. The first-order chi connectivity index (χ1) is 9.17. The number of hydrogen-bond donors (Lipinski definition) is 1. The molecule has 0 unspecified atom stereocenters. The third kappa shape index (κ3) is 6.16. The molecule has 0 saturated carbocycles. The summed E-state index contributed by atoms with van der Waals surface area (Å²) in [5.74, 6) is -0.510. The van der Waals surface area contributed by atoms with Crippen LogP contribution in [0.2, 0.25) is 5.02 Å². The molecule has 4 nitrogen and oxygen atoms in total. The quantitative estimate of drug-likeness (QED) is 0.902. The van der Waals surface area contributed by atoms with Crippen LogP contribution in [0.3, 0.4) is 0 Å². The lowest BCUT2D eigenvalue weighted by Crippen LogP contribution is -2.27. The van der Waals surface area contributed by atoms with Crippen molar-refractivity contribution < 1.29 is 23.0 Å². The second kappa shape index (κ2) is 6.85. The van der Waals surface area contributed by atoms with Crippen molar-refractivity contribution in [1.29, 1.82) is 0 Å². The van der Waals surface area contributed by atoms with Gasteiger partial charge < -0.3 is 14.8 Å². The van der Waals surface area contributed by atoms with Gasteiger partial charge >= 0.3 is 6.61 Å². The molecule has 0 saturated heterocycles. The summed E-state index contributed by atoms with van der Waals surface area (Å²) in [4.78, 5) is 11.6. The zero-order valence-electron chi connectivity index (χ0n) is 11.4. The second-order valence-electron chi connectivity index (χ2n) is 4.97. The van der Waals surface area contributed by atoms with E-state index in [1.807, 2.05) is 20.8 Å². The molecule has 0 bridgehead atoms. The lowest BCUT2D eigenvalue weighted by Gasteiger charge is -2.19. The van der Waals surface area contributed by atoms with Crippen LogP contribution >= 0.6 is 11.6 Å². The van der Waals surface area contributed by atoms with Crippen molar-refractivity contribution in [2.75, 3.05) is 11.9 Å². The zero-order valence-corrected chi connectivity index (χ0v) is 12.1. The van der Waals surface area contributed by atoms with Crippen molar-refractivity contribution in [2.24, 2.45) is 0 Å². The van der Waals surface area contributed by atoms with Crippen LogP contribution in [0, 0.1) is 0 Å². The normalized spacial score (nSPS) is 11.6. The molecule has 1 aromatic rings. The van der Waals surface area contributed by atoms with E-state index in [4.69, 9.17) is 16.3 Å². The summed E-state index contributed by atoms with van der Waals surface area (Å²) in [6.45, 7) is 2.42. The Labute approximate surface area is 121 Å². The Morgan fingerprint density at radius 1 is 1.40 bits per heavy atom. The van der Waals surface area contributed by atoms with Gasteiger partial charge in [-0.15, -0.1) is 0 Å². The molecule has 1 N–H and O–H groups in total. The number of halogens is 3. The zero-order chi connectivity index (χ0) is 15.3. The molecule has 0 aliphatic heterocycles. The van der Waals surface area contributed by atoms with Crippen molar-refractivity contribution in [3.05, 3.63) is 23.2 Å². The maximum Gasteiger partial charge on any atom is 0.387 e. The highest BCUT2D eigenvalue weighted by atomic mass is 35.5. The molecule has 112 valence electrons. The first kappa shape index (κ1) is 16.7. The summed E-state index contributed by atoms with van der Waals surface area (Å²) in [6.07, 6.45) is 0. The molecular weight excluding hydrogens is 292 g/mol. The van der Waals surface area contributed by atoms with Gasteiger partial charge in [0.15, 0.2) is 0 Å². The summed E-state index contributed by atoms with van der Waals surface area (Å²) in [7, 11) is 0. The summed E-state index contributed by atoms with van der Waals surface area (Å²) < 4.78 is 33.6. The van der Waals surface area contributed by atoms with Gasteiger partial charge in [0, 0.05) is 5.69 Å². The van der Waals surface area contributed by atoms with Gasteiger partial charge in [0.2, 0.25) is 5.91 Å². The van der Waals surface area contributed by atoms with E-state index in [0.717, 1.165) is 0 Å². The van der Waals surface area contributed by atoms with Crippen LogP contribution in [0.4, 0.5) is 14.5 Å². The fourth-order valence-corrected chi connectivity index (χ4v) is 1.47. The predicted molar refractivity (Wildman–Crippen MR) is 72.4 cm³/mol. The molecule has 0 spiro atoms. The summed E-state index contributed by atoms with van der Waals surface area (Å²) in [6, 6.07) is 4.00. The number of amides is 1. The summed E-state index contributed by atoms with van der Waals surface area (Å²) in [5.41, 5.74) is -0.0524. The molecular formula is C13H16ClF2NO3. The minimum absolute atomic E-state index is 0.0140. The number of rotatable bonds is 5. The minimum Gasteiger partial charge on any atom is -0.433 e. The first-order valence-electron chi connectivity index (χ1n) is 5.85. The van der Waals surface area contributed by atoms with Crippen LogP contribution in [-0.2, 0) is 9.53 Å². The van der Waals surface area contributed by atoms with Gasteiger partial charge in [-0.2, -0.15) is 8.78 Å². The molecule has 1 aromatic carbocycles. The van der Waals surface area contributed by atoms with E-state index in [1.165, 1.54) is 18.2 Å². The molecule has 7 heteroatoms. The van der Waals surface area contributed by atoms with Crippen molar-refractivity contribution in [1.82, 2.24) is 0 Å². The van der Waals surface area contributed by atoms with E-state index in [9.17, 15) is 13.6 Å². The number of alkyl halides is 2. The Hall–Kier alpha value is -1.40. The molecule has 0 aliphatic carbocycles. The van der Waals surface area contributed by atoms with Gasteiger partial charge in [-0.1, -0.05) is 11.6 Å². The maximum atomic E-state index is 12.1. The van der Waals surface area contributed by atoms with E-state index in [1.54, 1.807) is 0 Å². The summed E-state index contributed by atoms with van der Waals surface area (Å²) >= 11 is 5.77. The number of anilines is 1. The Morgan fingerprint density at radius 3 is 2.55 bits per heavy atom. The molecule has 1 rings (SSSR count). The third-order valence-corrected chi connectivity index (χ3v) is 2.36. The van der Waals surface area contributed by atoms with Crippen LogP contribution in [0.25, 0.3) is 0 Å². The van der Waals surface area contributed by atoms with Crippen LogP contribution in [0.1, 0.15) is 20.8 Å². The van der Waals surface area contributed by atoms with Crippen molar-refractivity contribution in [3.63, 3.8) is 0 Å². The van der Waals surface area contributed by atoms with E-state index < -0.39 is 12.2 Å². The van der Waals surface area contributed by atoms with E-state index in [-0.39, 0.29) is 23.3 Å². The SMILES string of the molecule is CC(C)(C)OCC(=O)Nc1ccc(OC(F)F)c(Cl)c1. The van der Waals surface area contributed by atoms with E-state index in [0.29, 0.717) is 5.69 Å². The van der Waals surface area contributed by atoms with Crippen LogP contribution in [-0.4, -0.2) is 24.7 Å². The lowest BCUT2D eigenvalue weighted by atomic mass is 10.2. The van der Waals surface area contributed by atoms with Crippen molar-refractivity contribution in [3.8, 4) is 5.75 Å². The standard InChI is InChI=1S/C13H16ClF2NO3/c1-13(2,3)19-7-11(18)17-8-4-5-10(9(14)6-8)20-12(15)16/h4-6,12H,7H2,1-3H3,(H,17,18). The van der Waals surface area contributed by atoms with Gasteiger partial charge in [-0.25, -0.2) is 0 Å². The Balaban J connectivity index is 2.60.